The molecule has 0 aliphatic carbocycles. The summed E-state index contributed by atoms with van der Waals surface area (Å²) >= 11 is 0. The molecule has 0 aromatic heterocycles. The van der Waals surface area contributed by atoms with Crippen molar-refractivity contribution in [2.45, 2.75) is 40.5 Å². The number of hydrogen-bond acceptors (Lipinski definition) is 1. The Morgan fingerprint density at radius 1 is 1.36 bits per heavy atom. The molecule has 11 heavy (non-hydrogen) atoms. The summed E-state index contributed by atoms with van der Waals surface area (Å²) in [5.41, 5.74) is 6.58. The van der Waals surface area contributed by atoms with Crippen LogP contribution in [0.15, 0.2) is 11.8 Å². The van der Waals surface area contributed by atoms with Crippen molar-refractivity contribution in [3.63, 3.8) is 0 Å². The summed E-state index contributed by atoms with van der Waals surface area (Å²) in [7, 11) is 0. The number of allylic oxidation sites excluding steroid dienone is 2. The van der Waals surface area contributed by atoms with Gasteiger partial charge in [0.1, 0.15) is 0 Å². The molecule has 0 heterocycles. The molecule has 0 spiro atoms. The Balaban J connectivity index is 4.05. The molecule has 0 aromatic rings. The van der Waals surface area contributed by atoms with Crippen LogP contribution in [0.25, 0.3) is 0 Å². The van der Waals surface area contributed by atoms with Gasteiger partial charge in [-0.3, -0.25) is 0 Å². The van der Waals surface area contributed by atoms with Crippen LogP contribution in [-0.2, 0) is 0 Å². The molecule has 0 saturated heterocycles. The summed E-state index contributed by atoms with van der Waals surface area (Å²) in [5, 5.41) is 0. The van der Waals surface area contributed by atoms with Gasteiger partial charge in [-0.15, -0.1) is 0 Å². The van der Waals surface area contributed by atoms with E-state index >= 15 is 0 Å². The van der Waals surface area contributed by atoms with E-state index in [0.717, 1.165) is 11.6 Å². The quantitative estimate of drug-likeness (QED) is 0.663. The average Bonchev–Trinajstić information content (AvgIpc) is 1.98. The van der Waals surface area contributed by atoms with Gasteiger partial charge in [0, 0.05) is 5.70 Å². The molecule has 0 aromatic carbocycles. The van der Waals surface area contributed by atoms with Gasteiger partial charge in [-0.1, -0.05) is 33.3 Å². The summed E-state index contributed by atoms with van der Waals surface area (Å²) in [6.07, 6.45) is 4.62. The Morgan fingerprint density at radius 3 is 2.18 bits per heavy atom. The Kier molecular flexibility index (Phi) is 5.01. The second kappa shape index (κ2) is 5.22. The zero-order chi connectivity index (χ0) is 8.85. The van der Waals surface area contributed by atoms with Crippen molar-refractivity contribution >= 4 is 0 Å². The zero-order valence-corrected chi connectivity index (χ0v) is 8.22. The van der Waals surface area contributed by atoms with Crippen molar-refractivity contribution in [2.75, 3.05) is 0 Å². The van der Waals surface area contributed by atoms with Gasteiger partial charge in [0.15, 0.2) is 0 Å². The first kappa shape index (κ1) is 10.5. The zero-order valence-electron chi connectivity index (χ0n) is 8.22. The normalized spacial score (nSPS) is 18.0. The summed E-state index contributed by atoms with van der Waals surface area (Å²) in [6.45, 7) is 8.70. The molecule has 2 N–H and O–H groups in total. The van der Waals surface area contributed by atoms with Crippen LogP contribution in [0.2, 0.25) is 0 Å². The van der Waals surface area contributed by atoms with Gasteiger partial charge in [-0.05, 0) is 25.2 Å². The molecule has 2 unspecified atom stereocenters. The maximum absolute atomic E-state index is 5.62. The minimum atomic E-state index is 0.671. The van der Waals surface area contributed by atoms with Crippen molar-refractivity contribution in [3.8, 4) is 0 Å². The Bertz CT molecular complexity index is 123. The molecule has 0 fully saturated rings. The average molecular weight is 155 g/mol. The monoisotopic (exact) mass is 155 g/mol. The smallest absolute Gasteiger partial charge is 0.00112 e. The van der Waals surface area contributed by atoms with Gasteiger partial charge < -0.3 is 5.73 Å². The van der Waals surface area contributed by atoms with Crippen LogP contribution >= 0.6 is 0 Å². The predicted octanol–water partition coefficient (Wildman–Crippen LogP) is 2.92. The van der Waals surface area contributed by atoms with E-state index in [4.69, 9.17) is 5.73 Å². The lowest BCUT2D eigenvalue weighted by Gasteiger charge is -2.17. The fourth-order valence-corrected chi connectivity index (χ4v) is 1.32. The predicted molar refractivity (Wildman–Crippen MR) is 51.2 cm³/mol. The van der Waals surface area contributed by atoms with E-state index in [1.165, 1.54) is 12.8 Å². The summed E-state index contributed by atoms with van der Waals surface area (Å²) in [5.74, 6) is 1.43. The van der Waals surface area contributed by atoms with E-state index in [0.29, 0.717) is 5.92 Å². The Hall–Kier alpha value is -0.460. The van der Waals surface area contributed by atoms with Crippen molar-refractivity contribution in [1.29, 1.82) is 0 Å². The molecule has 66 valence electrons. The highest BCUT2D eigenvalue weighted by Crippen LogP contribution is 2.20. The standard InChI is InChI=1S/C10H21N/c1-5-8(3)10(6-2)7-9(4)11/h7-8,10H,5-6,11H2,1-4H3/b9-7+. The van der Waals surface area contributed by atoms with Crippen LogP contribution in [-0.4, -0.2) is 0 Å². The maximum atomic E-state index is 5.62. The summed E-state index contributed by atoms with van der Waals surface area (Å²) < 4.78 is 0. The summed E-state index contributed by atoms with van der Waals surface area (Å²) in [6, 6.07) is 0. The molecule has 1 heteroatoms. The van der Waals surface area contributed by atoms with Crippen LogP contribution in [0.1, 0.15) is 40.5 Å². The number of hydrogen-bond donors (Lipinski definition) is 1. The molecule has 0 aliphatic rings. The lowest BCUT2D eigenvalue weighted by atomic mass is 9.89. The van der Waals surface area contributed by atoms with Gasteiger partial charge in [-0.25, -0.2) is 0 Å². The molecule has 0 saturated carbocycles. The summed E-state index contributed by atoms with van der Waals surface area (Å²) in [4.78, 5) is 0. The third-order valence-electron chi connectivity index (χ3n) is 2.32. The first-order valence-corrected chi connectivity index (χ1v) is 4.55. The van der Waals surface area contributed by atoms with Gasteiger partial charge in [0.05, 0.1) is 0 Å². The van der Waals surface area contributed by atoms with Crippen LogP contribution in [0.3, 0.4) is 0 Å². The highest BCUT2D eigenvalue weighted by Gasteiger charge is 2.09. The van der Waals surface area contributed by atoms with Crippen molar-refractivity contribution in [3.05, 3.63) is 11.8 Å². The largest absolute Gasteiger partial charge is 0.403 e. The Morgan fingerprint density at radius 2 is 1.91 bits per heavy atom. The fourth-order valence-electron chi connectivity index (χ4n) is 1.32. The van der Waals surface area contributed by atoms with Gasteiger partial charge in [0.25, 0.3) is 0 Å². The van der Waals surface area contributed by atoms with Crippen LogP contribution in [0, 0.1) is 11.8 Å². The molecular weight excluding hydrogens is 134 g/mol. The Labute approximate surface area is 70.7 Å². The van der Waals surface area contributed by atoms with Crippen LogP contribution in [0.5, 0.6) is 0 Å². The lowest BCUT2D eigenvalue weighted by Crippen LogP contribution is -2.09. The molecule has 0 rings (SSSR count). The molecule has 2 atom stereocenters. The van der Waals surface area contributed by atoms with E-state index < -0.39 is 0 Å². The fraction of sp³-hybridized carbons (Fsp3) is 0.800. The lowest BCUT2D eigenvalue weighted by molar-refractivity contribution is 0.404. The van der Waals surface area contributed by atoms with Crippen molar-refractivity contribution < 1.29 is 0 Å². The molecule has 1 nitrogen and oxygen atoms in total. The molecular formula is C10H21N. The minimum absolute atomic E-state index is 0.671. The number of nitrogens with two attached hydrogens (primary N) is 1. The topological polar surface area (TPSA) is 26.0 Å². The van der Waals surface area contributed by atoms with Crippen molar-refractivity contribution in [1.82, 2.24) is 0 Å². The molecule has 0 bridgehead atoms. The van der Waals surface area contributed by atoms with E-state index in [-0.39, 0.29) is 0 Å². The number of rotatable bonds is 4. The minimum Gasteiger partial charge on any atom is -0.403 e. The third kappa shape index (κ3) is 4.07. The molecule has 0 aliphatic heterocycles. The SMILES string of the molecule is CCC(C)C(/C=C(\C)N)CC. The highest BCUT2D eigenvalue weighted by molar-refractivity contribution is 4.96. The van der Waals surface area contributed by atoms with Crippen molar-refractivity contribution in [2.24, 2.45) is 17.6 Å². The second-order valence-corrected chi connectivity index (χ2v) is 3.37. The molecule has 0 amide bonds. The van der Waals surface area contributed by atoms with Gasteiger partial charge in [-0.2, -0.15) is 0 Å². The molecule has 0 radical (unpaired) electrons. The van der Waals surface area contributed by atoms with E-state index in [1.807, 2.05) is 6.92 Å². The first-order chi connectivity index (χ1) is 5.11. The third-order valence-corrected chi connectivity index (χ3v) is 2.32. The highest BCUT2D eigenvalue weighted by atomic mass is 14.5. The van der Waals surface area contributed by atoms with Gasteiger partial charge in [0.2, 0.25) is 0 Å². The maximum Gasteiger partial charge on any atom is 0.00112 e. The first-order valence-electron chi connectivity index (χ1n) is 4.55. The van der Waals surface area contributed by atoms with E-state index in [1.54, 1.807) is 0 Å². The van der Waals surface area contributed by atoms with Crippen LogP contribution < -0.4 is 5.73 Å². The second-order valence-electron chi connectivity index (χ2n) is 3.37. The van der Waals surface area contributed by atoms with Gasteiger partial charge >= 0.3 is 0 Å². The van der Waals surface area contributed by atoms with Crippen LogP contribution in [0.4, 0.5) is 0 Å². The van der Waals surface area contributed by atoms with E-state index in [2.05, 4.69) is 26.8 Å². The van der Waals surface area contributed by atoms with E-state index in [9.17, 15) is 0 Å².